The molecule has 4 heterocycles. The number of thiazole rings is 1. The van der Waals surface area contributed by atoms with Gasteiger partial charge in [-0.2, -0.15) is 0 Å². The molecule has 0 atom stereocenters. The Bertz CT molecular complexity index is 1270. The molecule has 0 aliphatic carbocycles. The van der Waals surface area contributed by atoms with Crippen LogP contribution < -0.4 is 9.64 Å². The first kappa shape index (κ1) is 23.6. The smallest absolute Gasteiger partial charge is 0.225 e. The average Bonchev–Trinajstić information content (AvgIpc) is 3.56. The third-order valence-electron chi connectivity index (χ3n) is 6.23. The molecule has 9 nitrogen and oxygen atoms in total. The lowest BCUT2D eigenvalue weighted by Gasteiger charge is -2.31. The number of aryl methyl sites for hydroxylation is 1. The molecule has 1 aromatic carbocycles. The maximum atomic E-state index is 6.27. The van der Waals surface area contributed by atoms with Crippen LogP contribution in [0.15, 0.2) is 36.2 Å². The summed E-state index contributed by atoms with van der Waals surface area (Å²) < 4.78 is 7.95. The standard InChI is InChI=1S/C24H27ClN8OS/c1-15(2)20-9-21(33-14-28-30-31-33)16(3)8-22(20)34-12-19-13-35-23(29-19)17-4-6-32(7-5-17)24-26-10-18(25)11-27-24/h8-11,13-15,17H,4-7,12H2,1-3H3. The zero-order valence-electron chi connectivity index (χ0n) is 19.9. The van der Waals surface area contributed by atoms with Gasteiger partial charge in [0, 0.05) is 24.4 Å². The minimum Gasteiger partial charge on any atom is -0.487 e. The van der Waals surface area contributed by atoms with Crippen LogP contribution in [0, 0.1) is 6.92 Å². The third-order valence-corrected chi connectivity index (χ3v) is 7.48. The number of aromatic nitrogens is 7. The fourth-order valence-corrected chi connectivity index (χ4v) is 5.38. The van der Waals surface area contributed by atoms with Crippen LogP contribution in [-0.4, -0.2) is 48.2 Å². The first-order chi connectivity index (χ1) is 17.0. The number of hydrogen-bond donors (Lipinski definition) is 0. The molecule has 1 saturated heterocycles. The Balaban J connectivity index is 1.23. The van der Waals surface area contributed by atoms with Crippen LogP contribution in [0.2, 0.25) is 5.02 Å². The molecule has 0 N–H and O–H groups in total. The molecular formula is C24H27ClN8OS. The van der Waals surface area contributed by atoms with E-state index >= 15 is 0 Å². The molecule has 35 heavy (non-hydrogen) atoms. The van der Waals surface area contributed by atoms with Crippen molar-refractivity contribution < 1.29 is 4.74 Å². The number of hydrogen-bond acceptors (Lipinski definition) is 9. The zero-order chi connectivity index (χ0) is 24.4. The van der Waals surface area contributed by atoms with Gasteiger partial charge in [-0.25, -0.2) is 19.6 Å². The van der Waals surface area contributed by atoms with E-state index in [1.165, 1.54) is 5.01 Å². The van der Waals surface area contributed by atoms with Crippen LogP contribution in [0.3, 0.4) is 0 Å². The van der Waals surface area contributed by atoms with Crippen molar-refractivity contribution in [3.8, 4) is 11.4 Å². The first-order valence-electron chi connectivity index (χ1n) is 11.7. The summed E-state index contributed by atoms with van der Waals surface area (Å²) in [6.45, 7) is 8.60. The largest absolute Gasteiger partial charge is 0.487 e. The summed E-state index contributed by atoms with van der Waals surface area (Å²) >= 11 is 7.63. The molecule has 3 aromatic heterocycles. The Labute approximate surface area is 213 Å². The van der Waals surface area contributed by atoms with E-state index in [4.69, 9.17) is 21.3 Å². The topological polar surface area (TPSA) is 94.7 Å². The zero-order valence-corrected chi connectivity index (χ0v) is 21.5. The molecule has 0 bridgehead atoms. The summed E-state index contributed by atoms with van der Waals surface area (Å²) in [6, 6.07) is 4.17. The van der Waals surface area contributed by atoms with Crippen molar-refractivity contribution in [2.24, 2.45) is 0 Å². The average molecular weight is 511 g/mol. The second-order valence-corrected chi connectivity index (χ2v) is 10.3. The Morgan fingerprint density at radius 2 is 1.94 bits per heavy atom. The van der Waals surface area contributed by atoms with Gasteiger partial charge in [0.1, 0.15) is 18.7 Å². The number of piperidine rings is 1. The van der Waals surface area contributed by atoms with Gasteiger partial charge < -0.3 is 9.64 Å². The Morgan fingerprint density at radius 3 is 2.63 bits per heavy atom. The van der Waals surface area contributed by atoms with E-state index in [0.717, 1.165) is 60.1 Å². The number of nitrogens with zero attached hydrogens (tertiary/aromatic N) is 8. The van der Waals surface area contributed by atoms with Crippen LogP contribution in [0.4, 0.5) is 5.95 Å². The molecule has 0 radical (unpaired) electrons. The predicted molar refractivity (Wildman–Crippen MR) is 136 cm³/mol. The molecular weight excluding hydrogens is 484 g/mol. The Hall–Kier alpha value is -3.11. The van der Waals surface area contributed by atoms with Gasteiger partial charge in [0.05, 0.1) is 33.8 Å². The molecule has 1 aliphatic rings. The van der Waals surface area contributed by atoms with Crippen molar-refractivity contribution in [2.75, 3.05) is 18.0 Å². The van der Waals surface area contributed by atoms with Gasteiger partial charge in [-0.1, -0.05) is 25.4 Å². The molecule has 1 aliphatic heterocycles. The summed E-state index contributed by atoms with van der Waals surface area (Å²) in [5.41, 5.74) is 4.09. The lowest BCUT2D eigenvalue weighted by Crippen LogP contribution is -2.34. The van der Waals surface area contributed by atoms with Gasteiger partial charge >= 0.3 is 0 Å². The monoisotopic (exact) mass is 510 g/mol. The molecule has 1 fully saturated rings. The van der Waals surface area contributed by atoms with Gasteiger partial charge in [0.15, 0.2) is 0 Å². The van der Waals surface area contributed by atoms with E-state index in [-0.39, 0.29) is 0 Å². The first-order valence-corrected chi connectivity index (χ1v) is 12.9. The normalized spacial score (nSPS) is 14.6. The number of benzene rings is 1. The number of tetrazole rings is 1. The van der Waals surface area contributed by atoms with E-state index < -0.39 is 0 Å². The fraction of sp³-hybridized carbons (Fsp3) is 0.417. The highest BCUT2D eigenvalue weighted by atomic mass is 35.5. The minimum atomic E-state index is 0.293. The quantitative estimate of drug-likeness (QED) is 0.344. The van der Waals surface area contributed by atoms with Gasteiger partial charge in [0.2, 0.25) is 5.95 Å². The van der Waals surface area contributed by atoms with Crippen LogP contribution in [-0.2, 0) is 6.61 Å². The van der Waals surface area contributed by atoms with E-state index in [1.54, 1.807) is 34.7 Å². The van der Waals surface area contributed by atoms with Crippen molar-refractivity contribution >= 4 is 28.9 Å². The van der Waals surface area contributed by atoms with Gasteiger partial charge in [-0.05, 0) is 59.4 Å². The van der Waals surface area contributed by atoms with Crippen molar-refractivity contribution in [2.45, 2.75) is 52.1 Å². The number of rotatable bonds is 7. The highest BCUT2D eigenvalue weighted by Crippen LogP contribution is 2.34. The van der Waals surface area contributed by atoms with Crippen molar-refractivity contribution in [1.82, 2.24) is 35.2 Å². The van der Waals surface area contributed by atoms with E-state index in [2.05, 4.69) is 61.8 Å². The number of ether oxygens (including phenoxy) is 1. The van der Waals surface area contributed by atoms with Crippen molar-refractivity contribution in [1.29, 1.82) is 0 Å². The predicted octanol–water partition coefficient (Wildman–Crippen LogP) is 4.96. The summed E-state index contributed by atoms with van der Waals surface area (Å²) in [5.74, 6) is 2.35. The molecule has 0 unspecified atom stereocenters. The second kappa shape index (κ2) is 10.2. The van der Waals surface area contributed by atoms with Crippen LogP contribution in [0.25, 0.3) is 5.69 Å². The molecule has 4 aromatic rings. The SMILES string of the molecule is Cc1cc(OCc2csc(C3CCN(c4ncc(Cl)cn4)CC3)n2)c(C(C)C)cc1-n1cnnn1. The molecule has 11 heteroatoms. The Kier molecular flexibility index (Phi) is 6.92. The highest BCUT2D eigenvalue weighted by Gasteiger charge is 2.24. The maximum absolute atomic E-state index is 6.27. The summed E-state index contributed by atoms with van der Waals surface area (Å²) in [7, 11) is 0. The summed E-state index contributed by atoms with van der Waals surface area (Å²) in [5, 5.41) is 15.4. The van der Waals surface area contributed by atoms with E-state index in [0.29, 0.717) is 23.5 Å². The van der Waals surface area contributed by atoms with Crippen LogP contribution in [0.5, 0.6) is 5.75 Å². The maximum Gasteiger partial charge on any atom is 0.225 e. The van der Waals surface area contributed by atoms with Crippen LogP contribution >= 0.6 is 22.9 Å². The van der Waals surface area contributed by atoms with E-state index in [9.17, 15) is 0 Å². The highest BCUT2D eigenvalue weighted by molar-refractivity contribution is 7.09. The summed E-state index contributed by atoms with van der Waals surface area (Å²) in [4.78, 5) is 15.8. The molecule has 5 rings (SSSR count). The van der Waals surface area contributed by atoms with Crippen molar-refractivity contribution in [3.63, 3.8) is 0 Å². The second-order valence-electron chi connectivity index (χ2n) is 9.01. The lowest BCUT2D eigenvalue weighted by atomic mass is 9.98. The van der Waals surface area contributed by atoms with Crippen LogP contribution in [0.1, 0.15) is 60.4 Å². The Morgan fingerprint density at radius 1 is 1.17 bits per heavy atom. The minimum absolute atomic E-state index is 0.293. The van der Waals surface area contributed by atoms with Gasteiger partial charge in [-0.15, -0.1) is 16.4 Å². The molecule has 0 spiro atoms. The molecule has 182 valence electrons. The van der Waals surface area contributed by atoms with Crippen molar-refractivity contribution in [3.05, 3.63) is 63.1 Å². The lowest BCUT2D eigenvalue weighted by molar-refractivity contribution is 0.297. The molecule has 0 saturated carbocycles. The van der Waals surface area contributed by atoms with E-state index in [1.807, 2.05) is 6.92 Å². The molecule has 0 amide bonds. The third kappa shape index (κ3) is 5.28. The fourth-order valence-electron chi connectivity index (χ4n) is 4.30. The summed E-state index contributed by atoms with van der Waals surface area (Å²) in [6.07, 6.45) is 6.95. The van der Waals surface area contributed by atoms with Gasteiger partial charge in [0.25, 0.3) is 0 Å². The van der Waals surface area contributed by atoms with Gasteiger partial charge in [-0.3, -0.25) is 0 Å². The number of halogens is 1. The number of anilines is 1.